The van der Waals surface area contributed by atoms with Gasteiger partial charge < -0.3 is 9.84 Å². The van der Waals surface area contributed by atoms with Crippen LogP contribution in [0.2, 0.25) is 0 Å². The summed E-state index contributed by atoms with van der Waals surface area (Å²) in [7, 11) is 0. The van der Waals surface area contributed by atoms with Crippen LogP contribution in [0.3, 0.4) is 0 Å². The molecule has 3 rings (SSSR count). The molecular formula is C17H20F2N2O2. The molecule has 1 aliphatic carbocycles. The molecule has 1 aliphatic rings. The van der Waals surface area contributed by atoms with Crippen molar-refractivity contribution in [1.82, 2.24) is 9.78 Å². The standard InChI is InChI=1S/C17H20F2N2O2/c18-14-5-6-16(19)13(7-14)11-23-17-8-15(10-22)20-21(17)9-12-3-1-2-4-12/h5-8,12,22H,1-4,9-11H2. The maximum absolute atomic E-state index is 13.7. The van der Waals surface area contributed by atoms with Crippen molar-refractivity contribution in [2.75, 3.05) is 0 Å². The van der Waals surface area contributed by atoms with Crippen LogP contribution in [0.5, 0.6) is 5.88 Å². The quantitative estimate of drug-likeness (QED) is 0.886. The second-order valence-electron chi connectivity index (χ2n) is 5.99. The van der Waals surface area contributed by atoms with Gasteiger partial charge in [0.2, 0.25) is 5.88 Å². The van der Waals surface area contributed by atoms with Gasteiger partial charge in [-0.15, -0.1) is 0 Å². The fraction of sp³-hybridized carbons (Fsp3) is 0.471. The van der Waals surface area contributed by atoms with E-state index < -0.39 is 11.6 Å². The van der Waals surface area contributed by atoms with Gasteiger partial charge >= 0.3 is 0 Å². The van der Waals surface area contributed by atoms with Gasteiger partial charge in [-0.2, -0.15) is 5.10 Å². The third kappa shape index (κ3) is 3.88. The lowest BCUT2D eigenvalue weighted by atomic mass is 10.1. The minimum atomic E-state index is -0.504. The van der Waals surface area contributed by atoms with Gasteiger partial charge in [0.15, 0.2) is 0 Å². The summed E-state index contributed by atoms with van der Waals surface area (Å²) in [5.41, 5.74) is 0.668. The minimum Gasteiger partial charge on any atom is -0.473 e. The fourth-order valence-corrected chi connectivity index (χ4v) is 3.02. The second kappa shape index (κ2) is 7.08. The van der Waals surface area contributed by atoms with E-state index in [4.69, 9.17) is 4.74 Å². The van der Waals surface area contributed by atoms with Crippen LogP contribution in [0.25, 0.3) is 0 Å². The number of hydrogen-bond donors (Lipinski definition) is 1. The van der Waals surface area contributed by atoms with Gasteiger partial charge in [-0.25, -0.2) is 13.5 Å². The number of hydrogen-bond acceptors (Lipinski definition) is 3. The van der Waals surface area contributed by atoms with Gasteiger partial charge in [0.25, 0.3) is 0 Å². The van der Waals surface area contributed by atoms with Crippen LogP contribution in [0.1, 0.15) is 36.9 Å². The SMILES string of the molecule is OCc1cc(OCc2cc(F)ccc2F)n(CC2CCCC2)n1. The highest BCUT2D eigenvalue weighted by Crippen LogP contribution is 2.28. The number of aliphatic hydroxyl groups excluding tert-OH is 1. The first-order valence-electron chi connectivity index (χ1n) is 7.90. The molecule has 1 fully saturated rings. The molecule has 0 aliphatic heterocycles. The maximum Gasteiger partial charge on any atom is 0.212 e. The molecule has 0 saturated heterocycles. The van der Waals surface area contributed by atoms with E-state index in [2.05, 4.69) is 5.10 Å². The monoisotopic (exact) mass is 322 g/mol. The van der Waals surface area contributed by atoms with Crippen molar-refractivity contribution in [3.8, 4) is 5.88 Å². The van der Waals surface area contributed by atoms with Crippen molar-refractivity contribution >= 4 is 0 Å². The molecule has 2 aromatic rings. The lowest BCUT2D eigenvalue weighted by Crippen LogP contribution is -2.12. The molecule has 4 nitrogen and oxygen atoms in total. The summed E-state index contributed by atoms with van der Waals surface area (Å²) in [6.45, 7) is 0.466. The van der Waals surface area contributed by atoms with E-state index >= 15 is 0 Å². The normalized spacial score (nSPS) is 15.3. The highest BCUT2D eigenvalue weighted by atomic mass is 19.1. The molecular weight excluding hydrogens is 302 g/mol. The second-order valence-corrected chi connectivity index (χ2v) is 5.99. The predicted molar refractivity (Wildman–Crippen MR) is 80.8 cm³/mol. The number of ether oxygens (including phenoxy) is 1. The maximum atomic E-state index is 13.7. The van der Waals surface area contributed by atoms with Crippen LogP contribution in [0.15, 0.2) is 24.3 Å². The van der Waals surface area contributed by atoms with Crippen molar-refractivity contribution in [3.05, 3.63) is 47.2 Å². The van der Waals surface area contributed by atoms with Gasteiger partial charge in [-0.3, -0.25) is 0 Å². The Morgan fingerprint density at radius 1 is 1.22 bits per heavy atom. The van der Waals surface area contributed by atoms with Gasteiger partial charge in [-0.1, -0.05) is 12.8 Å². The first-order valence-corrected chi connectivity index (χ1v) is 7.90. The molecule has 1 heterocycles. The topological polar surface area (TPSA) is 47.3 Å². The van der Waals surface area contributed by atoms with Crippen molar-refractivity contribution in [2.24, 2.45) is 5.92 Å². The Bertz CT molecular complexity index is 667. The van der Waals surface area contributed by atoms with Crippen molar-refractivity contribution in [2.45, 2.75) is 45.4 Å². The Morgan fingerprint density at radius 3 is 2.74 bits per heavy atom. The summed E-state index contributed by atoms with van der Waals surface area (Å²) in [5.74, 6) is 0.0236. The van der Waals surface area contributed by atoms with Crippen LogP contribution >= 0.6 is 0 Å². The van der Waals surface area contributed by atoms with E-state index in [1.165, 1.54) is 12.8 Å². The minimum absolute atomic E-state index is 0.0785. The number of aromatic nitrogens is 2. The van der Waals surface area contributed by atoms with Crippen LogP contribution in [-0.2, 0) is 19.8 Å². The van der Waals surface area contributed by atoms with E-state index in [1.54, 1.807) is 10.7 Å². The van der Waals surface area contributed by atoms with Crippen molar-refractivity contribution < 1.29 is 18.6 Å². The molecule has 1 aromatic carbocycles. The first kappa shape index (κ1) is 15.9. The van der Waals surface area contributed by atoms with Crippen molar-refractivity contribution in [1.29, 1.82) is 0 Å². The first-order chi connectivity index (χ1) is 11.2. The smallest absolute Gasteiger partial charge is 0.212 e. The Kier molecular flexibility index (Phi) is 4.91. The summed E-state index contributed by atoms with van der Waals surface area (Å²) in [4.78, 5) is 0. The summed E-state index contributed by atoms with van der Waals surface area (Å²) >= 11 is 0. The van der Waals surface area contributed by atoms with E-state index in [9.17, 15) is 13.9 Å². The molecule has 0 spiro atoms. The Balaban J connectivity index is 1.73. The van der Waals surface area contributed by atoms with Gasteiger partial charge in [0, 0.05) is 18.2 Å². The molecule has 0 bridgehead atoms. The van der Waals surface area contributed by atoms with E-state index in [1.807, 2.05) is 0 Å². The van der Waals surface area contributed by atoms with Crippen LogP contribution in [0.4, 0.5) is 8.78 Å². The Labute approximate surface area is 133 Å². The lowest BCUT2D eigenvalue weighted by Gasteiger charge is -2.13. The van der Waals surface area contributed by atoms with Crippen LogP contribution in [0, 0.1) is 17.6 Å². The number of benzene rings is 1. The molecule has 6 heteroatoms. The number of rotatable bonds is 6. The Morgan fingerprint density at radius 2 is 2.00 bits per heavy atom. The molecule has 23 heavy (non-hydrogen) atoms. The van der Waals surface area contributed by atoms with Gasteiger partial charge in [0.1, 0.15) is 18.2 Å². The largest absolute Gasteiger partial charge is 0.473 e. The number of nitrogens with zero attached hydrogens (tertiary/aromatic N) is 2. The molecule has 1 aromatic heterocycles. The molecule has 1 N–H and O–H groups in total. The summed E-state index contributed by atoms with van der Waals surface area (Å²) < 4.78 is 34.2. The zero-order valence-corrected chi connectivity index (χ0v) is 12.8. The third-order valence-corrected chi connectivity index (χ3v) is 4.24. The molecule has 124 valence electrons. The van der Waals surface area contributed by atoms with Crippen LogP contribution < -0.4 is 4.74 Å². The number of aliphatic hydroxyl groups is 1. The number of halogens is 2. The van der Waals surface area contributed by atoms with E-state index in [0.29, 0.717) is 17.5 Å². The highest BCUT2D eigenvalue weighted by Gasteiger charge is 2.19. The Hall–Kier alpha value is -1.95. The zero-order chi connectivity index (χ0) is 16.2. The average Bonchev–Trinajstić information content (AvgIpc) is 3.18. The molecule has 0 atom stereocenters. The molecule has 0 amide bonds. The van der Waals surface area contributed by atoms with Gasteiger partial charge in [-0.05, 0) is 37.0 Å². The summed E-state index contributed by atoms with van der Waals surface area (Å²) in [6, 6.07) is 4.93. The van der Waals surface area contributed by atoms with E-state index in [-0.39, 0.29) is 18.8 Å². The third-order valence-electron chi connectivity index (χ3n) is 4.24. The molecule has 0 radical (unpaired) electrons. The summed E-state index contributed by atoms with van der Waals surface area (Å²) in [6.07, 6.45) is 4.77. The average molecular weight is 322 g/mol. The van der Waals surface area contributed by atoms with Crippen LogP contribution in [-0.4, -0.2) is 14.9 Å². The summed E-state index contributed by atoms with van der Waals surface area (Å²) in [5, 5.41) is 13.6. The van der Waals surface area contributed by atoms with Crippen molar-refractivity contribution in [3.63, 3.8) is 0 Å². The van der Waals surface area contributed by atoms with Gasteiger partial charge in [0.05, 0.1) is 12.3 Å². The lowest BCUT2D eigenvalue weighted by molar-refractivity contribution is 0.255. The molecule has 1 saturated carbocycles. The van der Waals surface area contributed by atoms with E-state index in [0.717, 1.165) is 37.6 Å². The zero-order valence-electron chi connectivity index (χ0n) is 12.8. The fourth-order valence-electron chi connectivity index (χ4n) is 3.02. The molecule has 0 unspecified atom stereocenters. The predicted octanol–water partition coefficient (Wildman–Crippen LogP) is 3.42. The highest BCUT2D eigenvalue weighted by molar-refractivity contribution is 5.20.